The Morgan fingerprint density at radius 3 is 2.39 bits per heavy atom. The minimum absolute atomic E-state index is 0.349. The summed E-state index contributed by atoms with van der Waals surface area (Å²) in [4.78, 5) is 9.20. The number of anilines is 2. The van der Waals surface area contributed by atoms with Crippen LogP contribution in [0.3, 0.4) is 0 Å². The van der Waals surface area contributed by atoms with Gasteiger partial charge in [0.15, 0.2) is 0 Å². The van der Waals surface area contributed by atoms with Gasteiger partial charge in [0.2, 0.25) is 0 Å². The summed E-state index contributed by atoms with van der Waals surface area (Å²) in [5.74, 6) is 4.01. The van der Waals surface area contributed by atoms with Gasteiger partial charge in [-0.05, 0) is 25.7 Å². The Morgan fingerprint density at radius 1 is 1.22 bits per heavy atom. The van der Waals surface area contributed by atoms with Gasteiger partial charge in [0, 0.05) is 25.1 Å². The fourth-order valence-electron chi connectivity index (χ4n) is 2.15. The van der Waals surface area contributed by atoms with Crippen molar-refractivity contribution in [3.05, 3.63) is 11.4 Å². The fraction of sp³-hybridized carbons (Fsp3) is 0.714. The zero-order chi connectivity index (χ0) is 13.1. The molecule has 1 heterocycles. The highest BCUT2D eigenvalue weighted by Gasteiger charge is 2.18. The lowest BCUT2D eigenvalue weighted by Crippen LogP contribution is -2.22. The summed E-state index contributed by atoms with van der Waals surface area (Å²) >= 11 is 0. The second-order valence-corrected chi connectivity index (χ2v) is 5.49. The van der Waals surface area contributed by atoms with Crippen LogP contribution in [0.2, 0.25) is 0 Å². The number of nitrogens with one attached hydrogen (secondary N) is 2. The molecule has 18 heavy (non-hydrogen) atoms. The normalized spacial score (nSPS) is 15.6. The predicted molar refractivity (Wildman–Crippen MR) is 76.2 cm³/mol. The van der Waals surface area contributed by atoms with Gasteiger partial charge in [0.1, 0.15) is 17.5 Å². The smallest absolute Gasteiger partial charge is 0.135 e. The molecule has 0 aliphatic heterocycles. The lowest BCUT2D eigenvalue weighted by atomic mass is 9.85. The van der Waals surface area contributed by atoms with Crippen molar-refractivity contribution in [2.24, 2.45) is 5.92 Å². The lowest BCUT2D eigenvalue weighted by molar-refractivity contribution is 0.333. The molecule has 1 saturated carbocycles. The van der Waals surface area contributed by atoms with Crippen molar-refractivity contribution in [3.8, 4) is 0 Å². The Bertz CT molecular complexity index is 411. The van der Waals surface area contributed by atoms with Crippen LogP contribution in [-0.4, -0.2) is 23.6 Å². The summed E-state index contributed by atoms with van der Waals surface area (Å²) in [7, 11) is 1.91. The maximum Gasteiger partial charge on any atom is 0.135 e. The third-order valence-electron chi connectivity index (χ3n) is 3.70. The van der Waals surface area contributed by atoms with Gasteiger partial charge in [-0.1, -0.05) is 20.3 Å². The van der Waals surface area contributed by atoms with Gasteiger partial charge in [-0.25, -0.2) is 9.97 Å². The van der Waals surface area contributed by atoms with E-state index >= 15 is 0 Å². The molecule has 0 spiro atoms. The summed E-state index contributed by atoms with van der Waals surface area (Å²) < 4.78 is 0. The third-order valence-corrected chi connectivity index (χ3v) is 3.70. The van der Waals surface area contributed by atoms with Crippen LogP contribution >= 0.6 is 0 Å². The van der Waals surface area contributed by atoms with Crippen LogP contribution < -0.4 is 10.6 Å². The number of hydrogen-bond donors (Lipinski definition) is 2. The average molecular weight is 248 g/mol. The van der Waals surface area contributed by atoms with Crippen LogP contribution in [0.1, 0.15) is 50.4 Å². The van der Waals surface area contributed by atoms with E-state index in [1.54, 1.807) is 0 Å². The van der Waals surface area contributed by atoms with E-state index in [1.807, 2.05) is 7.05 Å². The molecule has 1 aliphatic rings. The number of aromatic nitrogens is 2. The van der Waals surface area contributed by atoms with Gasteiger partial charge in [0.25, 0.3) is 0 Å². The molecule has 0 aromatic carbocycles. The van der Waals surface area contributed by atoms with Crippen LogP contribution in [-0.2, 0) is 0 Å². The van der Waals surface area contributed by atoms with Crippen molar-refractivity contribution in [3.63, 3.8) is 0 Å². The maximum absolute atomic E-state index is 4.65. The molecular formula is C14H24N4. The van der Waals surface area contributed by atoms with Crippen molar-refractivity contribution in [1.82, 2.24) is 9.97 Å². The Morgan fingerprint density at radius 2 is 1.89 bits per heavy atom. The second-order valence-electron chi connectivity index (χ2n) is 5.49. The van der Waals surface area contributed by atoms with Gasteiger partial charge >= 0.3 is 0 Å². The molecule has 2 N–H and O–H groups in total. The SMILES string of the molecule is CNc1nc(C(C)C)nc(NCC2CCC2)c1C. The molecule has 1 aliphatic carbocycles. The molecule has 0 unspecified atom stereocenters. The molecular weight excluding hydrogens is 224 g/mol. The minimum atomic E-state index is 0.349. The number of rotatable bonds is 5. The van der Waals surface area contributed by atoms with Crippen molar-refractivity contribution in [2.45, 2.75) is 46.0 Å². The molecule has 1 aromatic rings. The summed E-state index contributed by atoms with van der Waals surface area (Å²) in [5, 5.41) is 6.65. The summed E-state index contributed by atoms with van der Waals surface area (Å²) in [5.41, 5.74) is 1.11. The third kappa shape index (κ3) is 2.74. The molecule has 0 radical (unpaired) electrons. The van der Waals surface area contributed by atoms with Crippen LogP contribution in [0, 0.1) is 12.8 Å². The summed E-state index contributed by atoms with van der Waals surface area (Å²) in [6.45, 7) is 7.36. The molecule has 0 atom stereocenters. The van der Waals surface area contributed by atoms with E-state index in [2.05, 4.69) is 41.4 Å². The average Bonchev–Trinajstić information content (AvgIpc) is 2.28. The lowest BCUT2D eigenvalue weighted by Gasteiger charge is -2.26. The highest BCUT2D eigenvalue weighted by molar-refractivity contribution is 5.57. The van der Waals surface area contributed by atoms with Gasteiger partial charge in [-0.15, -0.1) is 0 Å². The standard InChI is InChI=1S/C14H24N4/c1-9(2)12-17-13(15-4)10(3)14(18-12)16-8-11-6-5-7-11/h9,11H,5-8H2,1-4H3,(H2,15,16,17,18). The van der Waals surface area contributed by atoms with E-state index in [-0.39, 0.29) is 0 Å². The van der Waals surface area contributed by atoms with E-state index < -0.39 is 0 Å². The first-order chi connectivity index (χ1) is 8.61. The fourth-order valence-corrected chi connectivity index (χ4v) is 2.15. The quantitative estimate of drug-likeness (QED) is 0.840. The maximum atomic E-state index is 4.65. The van der Waals surface area contributed by atoms with Gasteiger partial charge in [-0.2, -0.15) is 0 Å². The van der Waals surface area contributed by atoms with Gasteiger partial charge in [-0.3, -0.25) is 0 Å². The Balaban J connectivity index is 2.17. The van der Waals surface area contributed by atoms with Crippen molar-refractivity contribution in [1.29, 1.82) is 0 Å². The first kappa shape index (κ1) is 13.1. The molecule has 4 nitrogen and oxygen atoms in total. The zero-order valence-electron chi connectivity index (χ0n) is 11.9. The largest absolute Gasteiger partial charge is 0.373 e. The van der Waals surface area contributed by atoms with Crippen LogP contribution in [0.25, 0.3) is 0 Å². The van der Waals surface area contributed by atoms with Crippen LogP contribution in [0.5, 0.6) is 0 Å². The van der Waals surface area contributed by atoms with Crippen molar-refractivity contribution >= 4 is 11.6 Å². The Kier molecular flexibility index (Phi) is 4.04. The Labute approximate surface area is 110 Å². The highest BCUT2D eigenvalue weighted by atomic mass is 15.1. The van der Waals surface area contributed by atoms with Crippen molar-refractivity contribution in [2.75, 3.05) is 24.2 Å². The molecule has 0 bridgehead atoms. The van der Waals surface area contributed by atoms with E-state index in [0.717, 1.165) is 35.5 Å². The first-order valence-electron chi connectivity index (χ1n) is 6.92. The Hall–Kier alpha value is -1.32. The van der Waals surface area contributed by atoms with E-state index in [0.29, 0.717) is 5.92 Å². The van der Waals surface area contributed by atoms with Crippen molar-refractivity contribution < 1.29 is 0 Å². The molecule has 1 fully saturated rings. The van der Waals surface area contributed by atoms with Crippen LogP contribution in [0.15, 0.2) is 0 Å². The number of nitrogens with zero attached hydrogens (tertiary/aromatic N) is 2. The second kappa shape index (κ2) is 5.55. The van der Waals surface area contributed by atoms with Gasteiger partial charge in [0.05, 0.1) is 0 Å². The first-order valence-corrected chi connectivity index (χ1v) is 6.92. The van der Waals surface area contributed by atoms with E-state index in [9.17, 15) is 0 Å². The topological polar surface area (TPSA) is 49.8 Å². The number of hydrogen-bond acceptors (Lipinski definition) is 4. The molecule has 4 heteroatoms. The highest BCUT2D eigenvalue weighted by Crippen LogP contribution is 2.28. The molecule has 2 rings (SSSR count). The monoisotopic (exact) mass is 248 g/mol. The minimum Gasteiger partial charge on any atom is -0.373 e. The molecule has 100 valence electrons. The molecule has 1 aromatic heterocycles. The molecule has 0 saturated heterocycles. The zero-order valence-corrected chi connectivity index (χ0v) is 11.9. The van der Waals surface area contributed by atoms with E-state index in [4.69, 9.17) is 0 Å². The predicted octanol–water partition coefficient (Wildman–Crippen LogP) is 3.16. The summed E-state index contributed by atoms with van der Waals surface area (Å²) in [6, 6.07) is 0. The van der Waals surface area contributed by atoms with Crippen LogP contribution in [0.4, 0.5) is 11.6 Å². The molecule has 0 amide bonds. The van der Waals surface area contributed by atoms with E-state index in [1.165, 1.54) is 19.3 Å². The van der Waals surface area contributed by atoms with Gasteiger partial charge < -0.3 is 10.6 Å². The summed E-state index contributed by atoms with van der Waals surface area (Å²) in [6.07, 6.45) is 4.09.